The first-order valence-electron chi connectivity index (χ1n) is 5.53. The summed E-state index contributed by atoms with van der Waals surface area (Å²) in [6.07, 6.45) is 0. The molecule has 3 nitrogen and oxygen atoms in total. The maximum Gasteiger partial charge on any atom is 0.255 e. The number of nitrogens with one attached hydrogen (secondary N) is 1. The molecule has 0 fully saturated rings. The van der Waals surface area contributed by atoms with Gasteiger partial charge in [0.15, 0.2) is 0 Å². The lowest BCUT2D eigenvalue weighted by Gasteiger charge is -2.06. The molecule has 0 bridgehead atoms. The van der Waals surface area contributed by atoms with Gasteiger partial charge in [0, 0.05) is 21.3 Å². The zero-order chi connectivity index (χ0) is 13.8. The lowest BCUT2D eigenvalue weighted by atomic mass is 10.1. The van der Waals surface area contributed by atoms with Crippen LogP contribution < -0.4 is 11.1 Å². The van der Waals surface area contributed by atoms with Crippen molar-refractivity contribution in [1.82, 2.24) is 0 Å². The Balaban J connectivity index is 2.18. The molecule has 0 aliphatic heterocycles. The fraction of sp³-hybridized carbons (Fsp3) is 0. The van der Waals surface area contributed by atoms with Gasteiger partial charge in [0.1, 0.15) is 4.99 Å². The summed E-state index contributed by atoms with van der Waals surface area (Å²) in [6.45, 7) is 0. The van der Waals surface area contributed by atoms with Crippen LogP contribution in [0.4, 0.5) is 5.69 Å². The minimum absolute atomic E-state index is 0.194. The molecule has 0 unspecified atom stereocenters. The molecule has 0 aliphatic carbocycles. The van der Waals surface area contributed by atoms with Gasteiger partial charge < -0.3 is 11.1 Å². The summed E-state index contributed by atoms with van der Waals surface area (Å²) in [7, 11) is 0. The highest BCUT2D eigenvalue weighted by atomic mass is 79.9. The third-order valence-corrected chi connectivity index (χ3v) is 3.28. The molecular formula is C14H11BrN2OS. The number of nitrogens with two attached hydrogens (primary N) is 1. The Labute approximate surface area is 124 Å². The first kappa shape index (κ1) is 13.7. The maximum absolute atomic E-state index is 12.1. The molecular weight excluding hydrogens is 324 g/mol. The second-order valence-corrected chi connectivity index (χ2v) is 5.26. The SMILES string of the molecule is NC(=S)c1cccc(C(=O)Nc2ccc(Br)cc2)c1. The second kappa shape index (κ2) is 5.95. The van der Waals surface area contributed by atoms with Crippen LogP contribution in [0.5, 0.6) is 0 Å². The number of hydrogen-bond acceptors (Lipinski definition) is 2. The van der Waals surface area contributed by atoms with Crippen molar-refractivity contribution in [3.8, 4) is 0 Å². The van der Waals surface area contributed by atoms with E-state index in [-0.39, 0.29) is 10.9 Å². The number of hydrogen-bond donors (Lipinski definition) is 2. The summed E-state index contributed by atoms with van der Waals surface area (Å²) in [5.74, 6) is -0.194. The van der Waals surface area contributed by atoms with Crippen LogP contribution in [0.15, 0.2) is 53.0 Å². The van der Waals surface area contributed by atoms with E-state index in [2.05, 4.69) is 21.2 Å². The first-order chi connectivity index (χ1) is 9.06. The second-order valence-electron chi connectivity index (χ2n) is 3.91. The Morgan fingerprint density at radius 3 is 2.37 bits per heavy atom. The van der Waals surface area contributed by atoms with E-state index in [1.54, 1.807) is 24.3 Å². The smallest absolute Gasteiger partial charge is 0.255 e. The summed E-state index contributed by atoms with van der Waals surface area (Å²) in [6, 6.07) is 14.3. The molecule has 0 radical (unpaired) electrons. The van der Waals surface area contributed by atoms with Gasteiger partial charge in [-0.15, -0.1) is 0 Å². The molecule has 0 spiro atoms. The number of amides is 1. The van der Waals surface area contributed by atoms with Crippen LogP contribution in [0.3, 0.4) is 0 Å². The molecule has 0 aliphatic rings. The average molecular weight is 335 g/mol. The van der Waals surface area contributed by atoms with Crippen molar-refractivity contribution in [2.24, 2.45) is 5.73 Å². The van der Waals surface area contributed by atoms with Crippen LogP contribution in [0.2, 0.25) is 0 Å². The monoisotopic (exact) mass is 334 g/mol. The summed E-state index contributed by atoms with van der Waals surface area (Å²) >= 11 is 8.23. The fourth-order valence-electron chi connectivity index (χ4n) is 1.55. The first-order valence-corrected chi connectivity index (χ1v) is 6.73. The largest absolute Gasteiger partial charge is 0.389 e. The van der Waals surface area contributed by atoms with Gasteiger partial charge in [0.05, 0.1) is 0 Å². The summed E-state index contributed by atoms with van der Waals surface area (Å²) in [5.41, 5.74) is 7.48. The molecule has 1 amide bonds. The predicted molar refractivity (Wildman–Crippen MR) is 84.4 cm³/mol. The maximum atomic E-state index is 12.1. The van der Waals surface area contributed by atoms with Gasteiger partial charge in [0.2, 0.25) is 0 Å². The number of thiocarbonyl (C=S) groups is 1. The molecule has 0 aromatic heterocycles. The van der Waals surface area contributed by atoms with Gasteiger partial charge in [-0.2, -0.15) is 0 Å². The van der Waals surface area contributed by atoms with E-state index in [1.165, 1.54) is 0 Å². The summed E-state index contributed by atoms with van der Waals surface area (Å²) in [4.78, 5) is 12.3. The van der Waals surface area contributed by atoms with Gasteiger partial charge in [-0.25, -0.2) is 0 Å². The topological polar surface area (TPSA) is 55.1 Å². The van der Waals surface area contributed by atoms with E-state index in [4.69, 9.17) is 18.0 Å². The van der Waals surface area contributed by atoms with Crippen molar-refractivity contribution in [2.75, 3.05) is 5.32 Å². The lowest BCUT2D eigenvalue weighted by molar-refractivity contribution is 0.102. The van der Waals surface area contributed by atoms with Crippen molar-refractivity contribution >= 4 is 44.7 Å². The number of anilines is 1. The van der Waals surface area contributed by atoms with Gasteiger partial charge in [-0.3, -0.25) is 4.79 Å². The Bertz CT molecular complexity index is 626. The molecule has 2 rings (SSSR count). The Hall–Kier alpha value is -1.72. The van der Waals surface area contributed by atoms with Crippen LogP contribution in [0.1, 0.15) is 15.9 Å². The molecule has 0 saturated carbocycles. The molecule has 0 saturated heterocycles. The van der Waals surface area contributed by atoms with Crippen LogP contribution in [0.25, 0.3) is 0 Å². The predicted octanol–water partition coefficient (Wildman–Crippen LogP) is 3.34. The summed E-state index contributed by atoms with van der Waals surface area (Å²) < 4.78 is 0.959. The van der Waals surface area contributed by atoms with Crippen molar-refractivity contribution in [1.29, 1.82) is 0 Å². The van der Waals surface area contributed by atoms with E-state index in [9.17, 15) is 4.79 Å². The lowest BCUT2D eigenvalue weighted by Crippen LogP contribution is -2.14. The Morgan fingerprint density at radius 2 is 1.74 bits per heavy atom. The normalized spacial score (nSPS) is 9.95. The zero-order valence-corrected chi connectivity index (χ0v) is 12.3. The molecule has 2 aromatic rings. The van der Waals surface area contributed by atoms with Gasteiger partial charge >= 0.3 is 0 Å². The molecule has 19 heavy (non-hydrogen) atoms. The minimum atomic E-state index is -0.194. The van der Waals surface area contributed by atoms with Crippen LogP contribution in [-0.2, 0) is 0 Å². The number of halogens is 1. The van der Waals surface area contributed by atoms with Crippen LogP contribution in [-0.4, -0.2) is 10.9 Å². The number of carbonyl (C=O) groups is 1. The van der Waals surface area contributed by atoms with Crippen molar-refractivity contribution in [2.45, 2.75) is 0 Å². The van der Waals surface area contributed by atoms with Crippen LogP contribution in [0, 0.1) is 0 Å². The fourth-order valence-corrected chi connectivity index (χ4v) is 1.94. The van der Waals surface area contributed by atoms with E-state index in [0.717, 1.165) is 10.2 Å². The number of rotatable bonds is 3. The molecule has 5 heteroatoms. The highest BCUT2D eigenvalue weighted by Crippen LogP contribution is 2.15. The van der Waals surface area contributed by atoms with Crippen LogP contribution >= 0.6 is 28.1 Å². The van der Waals surface area contributed by atoms with E-state index < -0.39 is 0 Å². The highest BCUT2D eigenvalue weighted by Gasteiger charge is 2.07. The third-order valence-electron chi connectivity index (χ3n) is 2.51. The Morgan fingerprint density at radius 1 is 1.11 bits per heavy atom. The van der Waals surface area contributed by atoms with Crippen molar-refractivity contribution in [3.05, 3.63) is 64.1 Å². The standard InChI is InChI=1S/C14H11BrN2OS/c15-11-4-6-12(7-5-11)17-14(18)10-3-1-2-9(8-10)13(16)19/h1-8H,(H2,16,19)(H,17,18). The van der Waals surface area contributed by atoms with Gasteiger partial charge in [-0.1, -0.05) is 40.3 Å². The zero-order valence-electron chi connectivity index (χ0n) is 9.89. The average Bonchev–Trinajstić information content (AvgIpc) is 2.41. The Kier molecular flexibility index (Phi) is 4.29. The van der Waals surface area contributed by atoms with E-state index in [0.29, 0.717) is 11.1 Å². The van der Waals surface area contributed by atoms with E-state index in [1.807, 2.05) is 24.3 Å². The minimum Gasteiger partial charge on any atom is -0.389 e. The van der Waals surface area contributed by atoms with E-state index >= 15 is 0 Å². The molecule has 0 atom stereocenters. The molecule has 2 aromatic carbocycles. The van der Waals surface area contributed by atoms with Gasteiger partial charge in [0.25, 0.3) is 5.91 Å². The molecule has 96 valence electrons. The number of carbonyl (C=O) groups excluding carboxylic acids is 1. The molecule has 3 N–H and O–H groups in total. The number of benzene rings is 2. The molecule has 0 heterocycles. The highest BCUT2D eigenvalue weighted by molar-refractivity contribution is 9.10. The quantitative estimate of drug-likeness (QED) is 0.846. The third kappa shape index (κ3) is 3.62. The van der Waals surface area contributed by atoms with Crippen molar-refractivity contribution < 1.29 is 4.79 Å². The van der Waals surface area contributed by atoms with Gasteiger partial charge in [-0.05, 0) is 36.4 Å². The summed E-state index contributed by atoms with van der Waals surface area (Å²) in [5, 5.41) is 2.81. The van der Waals surface area contributed by atoms with Crippen molar-refractivity contribution in [3.63, 3.8) is 0 Å².